The van der Waals surface area contributed by atoms with Gasteiger partial charge >= 0.3 is 0 Å². The first kappa shape index (κ1) is 12.3. The summed E-state index contributed by atoms with van der Waals surface area (Å²) in [4.78, 5) is 0. The first-order valence-corrected chi connectivity index (χ1v) is 6.48. The molecule has 19 heavy (non-hydrogen) atoms. The molecule has 0 aromatic heterocycles. The van der Waals surface area contributed by atoms with Crippen molar-refractivity contribution in [2.45, 2.75) is 25.1 Å². The van der Waals surface area contributed by atoms with Gasteiger partial charge in [-0.2, -0.15) is 0 Å². The molecule has 2 nitrogen and oxygen atoms in total. The smallest absolute Gasteiger partial charge is 0.123 e. The zero-order chi connectivity index (χ0) is 13.2. The van der Waals surface area contributed by atoms with Crippen molar-refractivity contribution < 1.29 is 9.50 Å². The normalized spacial score (nSPS) is 21.4. The molecule has 1 aliphatic carbocycles. The number of nitrogens with one attached hydrogen (secondary N) is 1. The largest absolute Gasteiger partial charge is 0.391 e. The predicted octanol–water partition coefficient (Wildman–Crippen LogP) is 2.57. The van der Waals surface area contributed by atoms with Gasteiger partial charge < -0.3 is 10.4 Å². The average Bonchev–Trinajstić information content (AvgIpc) is 2.72. The summed E-state index contributed by atoms with van der Waals surface area (Å²) in [6.45, 7) is 0.549. The van der Waals surface area contributed by atoms with Gasteiger partial charge in [0, 0.05) is 13.0 Å². The maximum Gasteiger partial charge on any atom is 0.123 e. The molecule has 0 bridgehead atoms. The Labute approximate surface area is 111 Å². The van der Waals surface area contributed by atoms with Gasteiger partial charge in [-0.1, -0.05) is 36.4 Å². The molecule has 3 heteroatoms. The third-order valence-electron chi connectivity index (χ3n) is 3.62. The van der Waals surface area contributed by atoms with E-state index < -0.39 is 6.10 Å². The van der Waals surface area contributed by atoms with Crippen LogP contribution >= 0.6 is 0 Å². The Balaban J connectivity index is 1.74. The Morgan fingerprint density at radius 3 is 2.84 bits per heavy atom. The molecule has 0 spiro atoms. The molecular formula is C16H16FNO. The molecule has 98 valence electrons. The maximum atomic E-state index is 13.1. The lowest BCUT2D eigenvalue weighted by atomic mass is 10.1. The summed E-state index contributed by atoms with van der Waals surface area (Å²) in [5.74, 6) is -0.230. The van der Waals surface area contributed by atoms with Gasteiger partial charge in [0.1, 0.15) is 5.82 Å². The third kappa shape index (κ3) is 2.53. The van der Waals surface area contributed by atoms with Crippen LogP contribution in [0.1, 0.15) is 22.7 Å². The molecule has 2 N–H and O–H groups in total. The van der Waals surface area contributed by atoms with Crippen LogP contribution in [0.4, 0.5) is 4.39 Å². The minimum absolute atomic E-state index is 0.0699. The lowest BCUT2D eigenvalue weighted by Gasteiger charge is -2.18. The number of aliphatic hydroxyl groups is 1. The Morgan fingerprint density at radius 2 is 2.00 bits per heavy atom. The Bertz CT molecular complexity index is 584. The van der Waals surface area contributed by atoms with Gasteiger partial charge in [0.15, 0.2) is 0 Å². The highest BCUT2D eigenvalue weighted by molar-refractivity contribution is 5.36. The van der Waals surface area contributed by atoms with Crippen LogP contribution in [-0.4, -0.2) is 11.2 Å². The SMILES string of the molecule is O[C@H]1Cc2ccccc2[C@H]1NCc1cccc(F)c1. The van der Waals surface area contributed by atoms with E-state index in [1.54, 1.807) is 6.07 Å². The van der Waals surface area contributed by atoms with Gasteiger partial charge in [-0.15, -0.1) is 0 Å². The van der Waals surface area contributed by atoms with Crippen LogP contribution in [0.3, 0.4) is 0 Å². The van der Waals surface area contributed by atoms with Crippen molar-refractivity contribution in [1.82, 2.24) is 5.32 Å². The van der Waals surface area contributed by atoms with Crippen LogP contribution in [0, 0.1) is 5.82 Å². The van der Waals surface area contributed by atoms with E-state index in [0.717, 1.165) is 11.1 Å². The molecule has 0 amide bonds. The highest BCUT2D eigenvalue weighted by Gasteiger charge is 2.29. The van der Waals surface area contributed by atoms with Gasteiger partial charge in [-0.05, 0) is 28.8 Å². The summed E-state index contributed by atoms with van der Waals surface area (Å²) in [5.41, 5.74) is 3.22. The van der Waals surface area contributed by atoms with Crippen LogP contribution in [0.5, 0.6) is 0 Å². The zero-order valence-electron chi connectivity index (χ0n) is 10.5. The van der Waals surface area contributed by atoms with Crippen molar-refractivity contribution in [3.63, 3.8) is 0 Å². The average molecular weight is 257 g/mol. The monoisotopic (exact) mass is 257 g/mol. The van der Waals surface area contributed by atoms with Crippen LogP contribution in [0.25, 0.3) is 0 Å². The molecule has 3 rings (SSSR count). The van der Waals surface area contributed by atoms with Crippen LogP contribution in [0.15, 0.2) is 48.5 Å². The summed E-state index contributed by atoms with van der Waals surface area (Å²) in [6, 6.07) is 14.5. The number of rotatable bonds is 3. The van der Waals surface area contributed by atoms with E-state index >= 15 is 0 Å². The molecule has 2 atom stereocenters. The summed E-state index contributed by atoms with van der Waals surface area (Å²) in [7, 11) is 0. The molecule has 0 heterocycles. The number of fused-ring (bicyclic) bond motifs is 1. The molecule has 2 aromatic carbocycles. The first-order chi connectivity index (χ1) is 9.24. The van der Waals surface area contributed by atoms with E-state index in [2.05, 4.69) is 5.32 Å². The number of halogens is 1. The Morgan fingerprint density at radius 1 is 1.16 bits per heavy atom. The second kappa shape index (κ2) is 5.11. The zero-order valence-corrected chi connectivity index (χ0v) is 10.5. The third-order valence-corrected chi connectivity index (χ3v) is 3.62. The topological polar surface area (TPSA) is 32.3 Å². The number of hydrogen-bond donors (Lipinski definition) is 2. The van der Waals surface area contributed by atoms with Gasteiger partial charge in [0.25, 0.3) is 0 Å². The second-order valence-corrected chi connectivity index (χ2v) is 4.96. The molecule has 1 aliphatic rings. The van der Waals surface area contributed by atoms with Crippen molar-refractivity contribution in [1.29, 1.82) is 0 Å². The minimum atomic E-state index is -0.411. The fraction of sp³-hybridized carbons (Fsp3) is 0.250. The van der Waals surface area contributed by atoms with Crippen molar-refractivity contribution in [3.8, 4) is 0 Å². The van der Waals surface area contributed by atoms with Gasteiger partial charge in [0.2, 0.25) is 0 Å². The molecular weight excluding hydrogens is 241 g/mol. The van der Waals surface area contributed by atoms with Gasteiger partial charge in [-0.25, -0.2) is 4.39 Å². The van der Waals surface area contributed by atoms with Crippen LogP contribution in [0.2, 0.25) is 0 Å². The van der Waals surface area contributed by atoms with Crippen molar-refractivity contribution in [3.05, 3.63) is 71.0 Å². The first-order valence-electron chi connectivity index (χ1n) is 6.48. The van der Waals surface area contributed by atoms with E-state index in [0.29, 0.717) is 13.0 Å². The molecule has 0 unspecified atom stereocenters. The maximum absolute atomic E-state index is 13.1. The van der Waals surface area contributed by atoms with Crippen LogP contribution < -0.4 is 5.32 Å². The van der Waals surface area contributed by atoms with E-state index in [1.807, 2.05) is 30.3 Å². The molecule has 0 saturated carbocycles. The second-order valence-electron chi connectivity index (χ2n) is 4.96. The fourth-order valence-electron chi connectivity index (χ4n) is 2.69. The molecule has 0 aliphatic heterocycles. The van der Waals surface area contributed by atoms with Crippen molar-refractivity contribution >= 4 is 0 Å². The fourth-order valence-corrected chi connectivity index (χ4v) is 2.69. The molecule has 0 fully saturated rings. The van der Waals surface area contributed by atoms with Gasteiger partial charge in [0.05, 0.1) is 12.1 Å². The number of hydrogen-bond acceptors (Lipinski definition) is 2. The standard InChI is InChI=1S/C16H16FNO/c17-13-6-3-4-11(8-13)10-18-16-14-7-2-1-5-12(14)9-15(16)19/h1-8,15-16,18-19H,9-10H2/t15-,16+/m0/s1. The van der Waals surface area contributed by atoms with E-state index in [-0.39, 0.29) is 11.9 Å². The van der Waals surface area contributed by atoms with Crippen LogP contribution in [-0.2, 0) is 13.0 Å². The van der Waals surface area contributed by atoms with Crippen molar-refractivity contribution in [2.75, 3.05) is 0 Å². The molecule has 0 saturated heterocycles. The van der Waals surface area contributed by atoms with E-state index in [1.165, 1.54) is 17.7 Å². The number of benzene rings is 2. The Kier molecular flexibility index (Phi) is 3.32. The quantitative estimate of drug-likeness (QED) is 0.885. The summed E-state index contributed by atoms with van der Waals surface area (Å²) in [6.07, 6.45) is 0.266. The van der Waals surface area contributed by atoms with E-state index in [9.17, 15) is 9.50 Å². The summed E-state index contributed by atoms with van der Waals surface area (Å²) >= 11 is 0. The highest BCUT2D eigenvalue weighted by Crippen LogP contribution is 2.31. The molecule has 0 radical (unpaired) electrons. The van der Waals surface area contributed by atoms with Crippen molar-refractivity contribution in [2.24, 2.45) is 0 Å². The van der Waals surface area contributed by atoms with E-state index in [4.69, 9.17) is 0 Å². The number of aliphatic hydroxyl groups excluding tert-OH is 1. The lowest BCUT2D eigenvalue weighted by molar-refractivity contribution is 0.140. The van der Waals surface area contributed by atoms with Gasteiger partial charge in [-0.3, -0.25) is 0 Å². The summed E-state index contributed by atoms with van der Waals surface area (Å²) in [5, 5.41) is 13.4. The lowest BCUT2D eigenvalue weighted by Crippen LogP contribution is -2.28. The predicted molar refractivity (Wildman–Crippen MR) is 72.1 cm³/mol. The highest BCUT2D eigenvalue weighted by atomic mass is 19.1. The molecule has 2 aromatic rings. The minimum Gasteiger partial charge on any atom is -0.391 e. The Hall–Kier alpha value is -1.71. The summed E-state index contributed by atoms with van der Waals surface area (Å²) < 4.78 is 13.1.